The lowest BCUT2D eigenvalue weighted by Gasteiger charge is -2.20. The second-order valence-electron chi connectivity index (χ2n) is 17.5. The van der Waals surface area contributed by atoms with Crippen molar-refractivity contribution in [3.8, 4) is 0 Å². The van der Waals surface area contributed by atoms with Crippen molar-refractivity contribution < 1.29 is 66.6 Å². The molecule has 2 aliphatic heterocycles. The van der Waals surface area contributed by atoms with Crippen LogP contribution in [0.25, 0.3) is 22.3 Å². The van der Waals surface area contributed by atoms with E-state index < -0.39 is 77.2 Å². The van der Waals surface area contributed by atoms with E-state index >= 15 is 0 Å². The van der Waals surface area contributed by atoms with Gasteiger partial charge >= 0.3 is 15.6 Å². The second kappa shape index (κ2) is 26.8. The minimum Gasteiger partial charge on any atom is -0.465 e. The predicted molar refractivity (Wildman–Crippen MR) is 264 cm³/mol. The number of aromatic nitrogens is 8. The zero-order chi connectivity index (χ0) is 51.1. The Labute approximate surface area is 420 Å². The summed E-state index contributed by atoms with van der Waals surface area (Å²) in [5, 5.41) is 36.2. The van der Waals surface area contributed by atoms with Crippen LogP contribution in [0, 0.1) is 9.28 Å². The van der Waals surface area contributed by atoms with E-state index in [4.69, 9.17) is 63.5 Å². The smallest absolute Gasteiger partial charge is 0.465 e. The van der Waals surface area contributed by atoms with Gasteiger partial charge in [0.1, 0.15) is 53.6 Å². The van der Waals surface area contributed by atoms with Crippen molar-refractivity contribution >= 4 is 80.2 Å². The number of ether oxygens (including phenoxy) is 2. The fraction of sp³-hybridized carbons (Fsp3) is 0.690. The van der Waals surface area contributed by atoms with Crippen LogP contribution >= 0.6 is 40.1 Å². The Morgan fingerprint density at radius 3 is 1.87 bits per heavy atom. The number of fused-ring (bicyclic) bond motifs is 2. The van der Waals surface area contributed by atoms with Crippen LogP contribution in [0.15, 0.2) is 24.2 Å². The van der Waals surface area contributed by atoms with Crippen molar-refractivity contribution in [3.63, 3.8) is 0 Å². The number of hydrogen-bond acceptors (Lipinski definition) is 20. The number of carbonyl (C=O) groups is 1. The Morgan fingerprint density at radius 2 is 1.28 bits per heavy atom. The van der Waals surface area contributed by atoms with Crippen LogP contribution in [0.4, 0.5) is 11.9 Å². The Hall–Kier alpha value is -3.95. The maximum absolute atomic E-state index is 13.5. The molecule has 4 aromatic heterocycles. The first-order valence-electron chi connectivity index (χ1n) is 24.1. The van der Waals surface area contributed by atoms with Crippen LogP contribution in [-0.4, -0.2) is 121 Å². The highest BCUT2D eigenvalue weighted by molar-refractivity contribution is 7.71. The van der Waals surface area contributed by atoms with Gasteiger partial charge in [-0.05, 0) is 19.3 Å². The number of carbonyl (C=O) groups excluding carboxylic acids is 1. The molecular weight excluding hydrogens is 1010 g/mol. The summed E-state index contributed by atoms with van der Waals surface area (Å²) in [6.45, 7) is 0.850. The zero-order valence-electron chi connectivity index (χ0n) is 39.6. The molecule has 0 aromatic carbocycles. The number of phosphoric ester groups is 2. The quantitative estimate of drug-likeness (QED) is 0.0146. The van der Waals surface area contributed by atoms with Crippen LogP contribution in [0.2, 0.25) is 0 Å². The minimum absolute atomic E-state index is 0.0126. The van der Waals surface area contributed by atoms with E-state index in [1.807, 2.05) is 0 Å². The highest BCUT2D eigenvalue weighted by Gasteiger charge is 2.47. The van der Waals surface area contributed by atoms with Crippen LogP contribution in [0.5, 0.6) is 0 Å². The number of aromatic amines is 2. The van der Waals surface area contributed by atoms with Gasteiger partial charge in [-0.25, -0.2) is 29.1 Å². The maximum atomic E-state index is 13.5. The van der Waals surface area contributed by atoms with Gasteiger partial charge in [0.15, 0.2) is 45.0 Å². The predicted octanol–water partition coefficient (Wildman–Crippen LogP) is 6.30. The van der Waals surface area contributed by atoms with Gasteiger partial charge in [0.2, 0.25) is 12.1 Å². The van der Waals surface area contributed by atoms with Gasteiger partial charge in [0.25, 0.3) is 0 Å². The summed E-state index contributed by atoms with van der Waals surface area (Å²) < 4.78 is 61.6. The summed E-state index contributed by atoms with van der Waals surface area (Å²) >= 11 is 10.4. The maximum Gasteiger partial charge on any atom is 0.527 e. The highest BCUT2D eigenvalue weighted by Crippen LogP contribution is 2.52. The third-order valence-electron chi connectivity index (χ3n) is 12.0. The molecule has 6 rings (SSSR count). The molecule has 4 aromatic rings. The number of aliphatic hydroxyl groups is 3. The summed E-state index contributed by atoms with van der Waals surface area (Å²) in [4.78, 5) is 55.5. The molecule has 0 aliphatic carbocycles. The van der Waals surface area contributed by atoms with E-state index in [9.17, 15) is 39.0 Å². The molecule has 1 amide bonds. The summed E-state index contributed by atoms with van der Waals surface area (Å²) in [6.07, 6.45) is 12.2. The molecule has 71 heavy (non-hydrogen) atoms. The number of nitrogens with zero attached hydrogens (tertiary/aromatic N) is 6. The first kappa shape index (κ1) is 56.3. The number of amides is 1. The molecule has 5 unspecified atom stereocenters. The first-order chi connectivity index (χ1) is 34.0. The standard InChI is InChI=1S/C42H67N11O14P2S2/c1-2-3-4-5-6-7-8-9-10-11-12-13-16-19-28(54)45-20-17-14-15-18-21-62-68(58,59)63-23-27-34(33(57)40(66-27)53-25-47-30-36(53)49-42(44)51-38(30)71)67-69(60,61)64-22-26-31(55)32(56)39(65-26)52-24-46-29-35(52)48-41(43)50-37(29)70/h24-26,31-33,39-40,55-57H,2-23H2,1H3,(H,45,54)(H,58,59)(H,60,61)(H3,43,48,50,70)(H3,44,49,51,71)/t26-,31?,32?,33?,39-,40-/m1/s1. The number of nitrogens with two attached hydrogens (primary N) is 2. The number of nitrogens with one attached hydrogen (secondary N) is 3. The monoisotopic (exact) mass is 1080 g/mol. The van der Waals surface area contributed by atoms with Gasteiger partial charge in [0.05, 0.1) is 19.5 Å². The lowest BCUT2D eigenvalue weighted by molar-refractivity contribution is -0.121. The van der Waals surface area contributed by atoms with Crippen molar-refractivity contribution in [3.05, 3.63) is 33.5 Å². The normalized spacial score (nSPS) is 22.0. The third-order valence-corrected chi connectivity index (χ3v) is 14.5. The van der Waals surface area contributed by atoms with E-state index in [0.29, 0.717) is 25.8 Å². The van der Waals surface area contributed by atoms with Crippen molar-refractivity contribution in [1.82, 2.24) is 44.4 Å². The second-order valence-corrected chi connectivity index (χ2v) is 21.1. The SMILES string of the molecule is CCCCCCCCCCCCCCCC(=O)NCCCCCCOP(=O)(O)OCC1=C(OP(=O)(O)OC[C@H]2O[C@@H](n3cnc4c(=S)nc(N)[nH]c43)C(O)C2O)C(O)[C@H](n2cnc3c(=S)nc(N)[nH]c32)O1. The Kier molecular flexibility index (Phi) is 21.3. The number of unbranched alkanes of at least 4 members (excludes halogenated alkanes) is 15. The fourth-order valence-electron chi connectivity index (χ4n) is 8.25. The van der Waals surface area contributed by atoms with Gasteiger partial charge in [0, 0.05) is 13.0 Å². The lowest BCUT2D eigenvalue weighted by atomic mass is 10.0. The molecule has 0 bridgehead atoms. The number of aliphatic hydroxyl groups excluding tert-OH is 3. The molecular formula is C42H67N11O14P2S2. The van der Waals surface area contributed by atoms with Crippen molar-refractivity contribution in [2.24, 2.45) is 0 Å². The van der Waals surface area contributed by atoms with E-state index in [2.05, 4.69) is 42.1 Å². The number of imidazole rings is 2. The summed E-state index contributed by atoms with van der Waals surface area (Å²) in [5.74, 6) is -1.37. The number of anilines is 2. The zero-order valence-corrected chi connectivity index (χ0v) is 43.1. The van der Waals surface area contributed by atoms with Crippen LogP contribution in [0.1, 0.15) is 135 Å². The molecule has 0 radical (unpaired) electrons. The first-order valence-corrected chi connectivity index (χ1v) is 27.9. The number of hydrogen-bond donors (Lipinski definition) is 10. The van der Waals surface area contributed by atoms with E-state index in [-0.39, 0.29) is 56.0 Å². The average Bonchev–Trinajstić information content (AvgIpc) is 4.08. The van der Waals surface area contributed by atoms with Crippen molar-refractivity contribution in [2.45, 2.75) is 159 Å². The van der Waals surface area contributed by atoms with Crippen LogP contribution < -0.4 is 16.8 Å². The molecule has 396 valence electrons. The molecule has 6 heterocycles. The third kappa shape index (κ3) is 16.0. The van der Waals surface area contributed by atoms with E-state index in [1.165, 1.54) is 86.0 Å². The molecule has 1 fully saturated rings. The van der Waals surface area contributed by atoms with Gasteiger partial charge in [-0.3, -0.25) is 32.4 Å². The fourth-order valence-corrected chi connectivity index (χ4v) is 10.3. The molecule has 2 aliphatic rings. The van der Waals surface area contributed by atoms with E-state index in [1.54, 1.807) is 0 Å². The Balaban J connectivity index is 0.951. The number of phosphoric acid groups is 2. The Bertz CT molecular complexity index is 2630. The van der Waals surface area contributed by atoms with Gasteiger partial charge in [-0.15, -0.1) is 0 Å². The van der Waals surface area contributed by atoms with Crippen molar-refractivity contribution in [2.75, 3.05) is 37.8 Å². The molecule has 0 spiro atoms. The summed E-state index contributed by atoms with van der Waals surface area (Å²) in [6, 6.07) is 0. The number of rotatable bonds is 32. The number of H-pyrrole nitrogens is 2. The summed E-state index contributed by atoms with van der Waals surface area (Å²) in [5.41, 5.74) is 12.4. The van der Waals surface area contributed by atoms with Crippen LogP contribution in [0.3, 0.4) is 0 Å². The average molecular weight is 1080 g/mol. The van der Waals surface area contributed by atoms with Gasteiger partial charge in [-0.1, -0.05) is 121 Å². The van der Waals surface area contributed by atoms with Gasteiger partial charge in [-0.2, -0.15) is 0 Å². The largest absolute Gasteiger partial charge is 0.527 e. The Morgan fingerprint density at radius 1 is 0.746 bits per heavy atom. The minimum atomic E-state index is -5.29. The topological polar surface area (TPSA) is 365 Å². The van der Waals surface area contributed by atoms with E-state index in [0.717, 1.165) is 32.1 Å². The van der Waals surface area contributed by atoms with Gasteiger partial charge < -0.3 is 61.0 Å². The molecule has 0 saturated carbocycles. The molecule has 8 atom stereocenters. The molecule has 29 heteroatoms. The van der Waals surface area contributed by atoms with Crippen LogP contribution in [-0.2, 0) is 41.5 Å². The van der Waals surface area contributed by atoms with Crippen molar-refractivity contribution in [1.29, 1.82) is 0 Å². The lowest BCUT2D eigenvalue weighted by Crippen LogP contribution is -2.33. The molecule has 25 nitrogen and oxygen atoms in total. The molecule has 12 N–H and O–H groups in total. The summed E-state index contributed by atoms with van der Waals surface area (Å²) in [7, 11) is -10.1. The highest BCUT2D eigenvalue weighted by atomic mass is 32.1. The number of nitrogen functional groups attached to an aromatic ring is 2. The molecule has 1 saturated heterocycles.